The van der Waals surface area contributed by atoms with E-state index < -0.39 is 17.6 Å². The molecule has 25 heavy (non-hydrogen) atoms. The van der Waals surface area contributed by atoms with Crippen LogP contribution in [0, 0.1) is 11.6 Å². The molecule has 0 unspecified atom stereocenters. The fourth-order valence-corrected chi connectivity index (χ4v) is 2.36. The van der Waals surface area contributed by atoms with Gasteiger partial charge in [-0.15, -0.1) is 0 Å². The average molecular weight is 384 g/mol. The minimum atomic E-state index is -1.20. The first-order chi connectivity index (χ1) is 11.9. The van der Waals surface area contributed by atoms with E-state index in [1.54, 1.807) is 24.3 Å². The molecule has 0 saturated heterocycles. The summed E-state index contributed by atoms with van der Waals surface area (Å²) in [6, 6.07) is 8.28. The summed E-state index contributed by atoms with van der Waals surface area (Å²) in [6.07, 6.45) is 1.47. The Balaban J connectivity index is 1.69. The molecule has 2 aromatic carbocycles. The van der Waals surface area contributed by atoms with Crippen molar-refractivity contribution in [2.75, 3.05) is 0 Å². The predicted octanol–water partition coefficient (Wildman–Crippen LogP) is 5.28. The van der Waals surface area contributed by atoms with Gasteiger partial charge < -0.3 is 9.15 Å². The molecule has 0 fully saturated rings. The smallest absolute Gasteiger partial charge is 0.340 e. The fourth-order valence-electron chi connectivity index (χ4n) is 2.01. The van der Waals surface area contributed by atoms with E-state index in [4.69, 9.17) is 32.4 Å². The van der Waals surface area contributed by atoms with E-state index in [1.165, 1.54) is 6.20 Å². The SMILES string of the molecule is O=C(OCc1ncc(-c2ccc(Cl)cc2)o1)c1cc(F)c(F)cc1Cl. The van der Waals surface area contributed by atoms with Crippen molar-refractivity contribution in [1.82, 2.24) is 4.98 Å². The van der Waals surface area contributed by atoms with Crippen LogP contribution >= 0.6 is 23.2 Å². The second-order valence-corrected chi connectivity index (χ2v) is 5.79. The number of carbonyl (C=O) groups excluding carboxylic acids is 1. The summed E-state index contributed by atoms with van der Waals surface area (Å²) in [6.45, 7) is -0.290. The van der Waals surface area contributed by atoms with E-state index in [1.807, 2.05) is 0 Å². The highest BCUT2D eigenvalue weighted by Gasteiger charge is 2.17. The van der Waals surface area contributed by atoms with Gasteiger partial charge in [0.15, 0.2) is 24.0 Å². The van der Waals surface area contributed by atoms with Gasteiger partial charge in [-0.1, -0.05) is 23.2 Å². The lowest BCUT2D eigenvalue weighted by atomic mass is 10.2. The lowest BCUT2D eigenvalue weighted by molar-refractivity contribution is 0.0438. The molecule has 0 radical (unpaired) electrons. The number of carbonyl (C=O) groups is 1. The van der Waals surface area contributed by atoms with Crippen LogP contribution in [0.2, 0.25) is 10.0 Å². The van der Waals surface area contributed by atoms with Crippen LogP contribution in [0.1, 0.15) is 16.2 Å². The molecular weight excluding hydrogens is 375 g/mol. The van der Waals surface area contributed by atoms with Crippen molar-refractivity contribution in [2.45, 2.75) is 6.61 Å². The molecule has 3 aromatic rings. The molecule has 0 saturated carbocycles. The van der Waals surface area contributed by atoms with Crippen LogP contribution in [-0.2, 0) is 11.3 Å². The average Bonchev–Trinajstić information content (AvgIpc) is 3.05. The first-order valence-corrected chi connectivity index (χ1v) is 7.72. The molecule has 1 aromatic heterocycles. The second-order valence-electron chi connectivity index (χ2n) is 4.95. The standard InChI is InChI=1S/C17H9Cl2F2NO3/c18-10-3-1-9(2-4-10)15-7-22-16(25-15)8-24-17(23)11-5-13(20)14(21)6-12(11)19/h1-7H,8H2. The number of oxazole rings is 1. The Bertz CT molecular complexity index is 926. The third-order valence-electron chi connectivity index (χ3n) is 3.24. The quantitative estimate of drug-likeness (QED) is 0.454. The van der Waals surface area contributed by atoms with Crippen LogP contribution in [0.15, 0.2) is 47.0 Å². The highest BCUT2D eigenvalue weighted by Crippen LogP contribution is 2.24. The van der Waals surface area contributed by atoms with Gasteiger partial charge in [-0.25, -0.2) is 18.6 Å². The summed E-state index contributed by atoms with van der Waals surface area (Å²) < 4.78 is 36.7. The fraction of sp³-hybridized carbons (Fsp3) is 0.0588. The van der Waals surface area contributed by atoms with Crippen LogP contribution in [0.4, 0.5) is 8.78 Å². The zero-order valence-corrected chi connectivity index (χ0v) is 13.9. The van der Waals surface area contributed by atoms with Crippen molar-refractivity contribution < 1.29 is 22.7 Å². The summed E-state index contributed by atoms with van der Waals surface area (Å²) in [5.74, 6) is -2.67. The van der Waals surface area contributed by atoms with Crippen LogP contribution in [0.25, 0.3) is 11.3 Å². The van der Waals surface area contributed by atoms with Gasteiger partial charge in [-0.3, -0.25) is 0 Å². The Morgan fingerprint density at radius 2 is 1.80 bits per heavy atom. The molecule has 0 aliphatic rings. The number of rotatable bonds is 4. The van der Waals surface area contributed by atoms with Gasteiger partial charge in [-0.2, -0.15) is 0 Å². The Morgan fingerprint density at radius 1 is 1.12 bits per heavy atom. The maximum atomic E-state index is 13.2. The van der Waals surface area contributed by atoms with Gasteiger partial charge in [0.25, 0.3) is 0 Å². The summed E-state index contributed by atoms with van der Waals surface area (Å²) in [5.41, 5.74) is 0.461. The molecule has 0 amide bonds. The Hall–Kier alpha value is -2.44. The topological polar surface area (TPSA) is 52.3 Å². The summed E-state index contributed by atoms with van der Waals surface area (Å²) in [5, 5.41) is 0.332. The normalized spacial score (nSPS) is 10.7. The number of esters is 1. The third-order valence-corrected chi connectivity index (χ3v) is 3.80. The van der Waals surface area contributed by atoms with E-state index in [-0.39, 0.29) is 23.1 Å². The summed E-state index contributed by atoms with van der Waals surface area (Å²) in [7, 11) is 0. The van der Waals surface area contributed by atoms with Crippen molar-refractivity contribution in [3.05, 3.63) is 75.7 Å². The molecule has 4 nitrogen and oxygen atoms in total. The number of halogens is 4. The minimum Gasteiger partial charge on any atom is -0.452 e. The zero-order chi connectivity index (χ0) is 18.0. The van der Waals surface area contributed by atoms with Gasteiger partial charge in [0, 0.05) is 10.6 Å². The van der Waals surface area contributed by atoms with Gasteiger partial charge in [0.2, 0.25) is 5.89 Å². The molecule has 0 atom stereocenters. The van der Waals surface area contributed by atoms with Crippen molar-refractivity contribution >= 4 is 29.2 Å². The van der Waals surface area contributed by atoms with Gasteiger partial charge in [0.1, 0.15) is 0 Å². The van der Waals surface area contributed by atoms with Crippen LogP contribution in [0.3, 0.4) is 0 Å². The number of hydrogen-bond donors (Lipinski definition) is 0. The van der Waals surface area contributed by atoms with E-state index in [0.717, 1.165) is 5.56 Å². The lowest BCUT2D eigenvalue weighted by Gasteiger charge is -2.05. The van der Waals surface area contributed by atoms with E-state index >= 15 is 0 Å². The molecule has 0 N–H and O–H groups in total. The lowest BCUT2D eigenvalue weighted by Crippen LogP contribution is -2.07. The number of ether oxygens (including phenoxy) is 1. The highest BCUT2D eigenvalue weighted by molar-refractivity contribution is 6.33. The van der Waals surface area contributed by atoms with Crippen LogP contribution in [-0.4, -0.2) is 11.0 Å². The van der Waals surface area contributed by atoms with Crippen molar-refractivity contribution in [2.24, 2.45) is 0 Å². The van der Waals surface area contributed by atoms with Crippen molar-refractivity contribution in [1.29, 1.82) is 0 Å². The summed E-state index contributed by atoms with van der Waals surface area (Å²) >= 11 is 11.5. The maximum Gasteiger partial charge on any atom is 0.340 e. The summed E-state index contributed by atoms with van der Waals surface area (Å²) in [4.78, 5) is 15.9. The number of nitrogens with zero attached hydrogens (tertiary/aromatic N) is 1. The molecule has 0 aliphatic heterocycles. The van der Waals surface area contributed by atoms with E-state index in [0.29, 0.717) is 22.9 Å². The molecule has 128 valence electrons. The maximum absolute atomic E-state index is 13.2. The third kappa shape index (κ3) is 3.97. The zero-order valence-electron chi connectivity index (χ0n) is 12.4. The molecule has 0 spiro atoms. The van der Waals surface area contributed by atoms with Crippen molar-refractivity contribution in [3.8, 4) is 11.3 Å². The monoisotopic (exact) mass is 383 g/mol. The largest absolute Gasteiger partial charge is 0.452 e. The molecule has 1 heterocycles. The van der Waals surface area contributed by atoms with Gasteiger partial charge in [-0.05, 0) is 36.4 Å². The predicted molar refractivity (Wildman–Crippen MR) is 87.4 cm³/mol. The minimum absolute atomic E-state index is 0.136. The van der Waals surface area contributed by atoms with E-state index in [9.17, 15) is 13.6 Å². The second kappa shape index (κ2) is 7.21. The molecular formula is C17H9Cl2F2NO3. The van der Waals surface area contributed by atoms with Gasteiger partial charge >= 0.3 is 5.97 Å². The van der Waals surface area contributed by atoms with E-state index in [2.05, 4.69) is 4.98 Å². The van der Waals surface area contributed by atoms with Crippen LogP contribution in [0.5, 0.6) is 0 Å². The van der Waals surface area contributed by atoms with Gasteiger partial charge in [0.05, 0.1) is 16.8 Å². The molecule has 8 heteroatoms. The molecule has 0 aliphatic carbocycles. The molecule has 3 rings (SSSR count). The molecule has 0 bridgehead atoms. The number of hydrogen-bond acceptors (Lipinski definition) is 4. The Morgan fingerprint density at radius 3 is 2.52 bits per heavy atom. The highest BCUT2D eigenvalue weighted by atomic mass is 35.5. The van der Waals surface area contributed by atoms with Crippen molar-refractivity contribution in [3.63, 3.8) is 0 Å². The Labute approximate surface area is 151 Å². The Kier molecular flexibility index (Phi) is 5.01. The van der Waals surface area contributed by atoms with Crippen LogP contribution < -0.4 is 0 Å². The first kappa shape index (κ1) is 17.4. The first-order valence-electron chi connectivity index (χ1n) is 6.96. The number of benzene rings is 2. The number of aromatic nitrogens is 1.